The number of aromatic nitrogens is 1. The molecule has 0 unspecified atom stereocenters. The molecule has 3 rings (SSSR count). The van der Waals surface area contributed by atoms with Crippen LogP contribution in [0.3, 0.4) is 0 Å². The minimum Gasteiger partial charge on any atom is -0.356 e. The second kappa shape index (κ2) is 7.86. The van der Waals surface area contributed by atoms with Gasteiger partial charge in [0, 0.05) is 46.0 Å². The molecule has 24 heavy (non-hydrogen) atoms. The van der Waals surface area contributed by atoms with Crippen LogP contribution in [0.15, 0.2) is 29.4 Å². The highest BCUT2D eigenvalue weighted by atomic mass is 15.4. The summed E-state index contributed by atoms with van der Waals surface area (Å²) in [5, 5.41) is 3.67. The molecular weight excluding hydrogens is 298 g/mol. The smallest absolute Gasteiger partial charge is 0.193 e. The lowest BCUT2D eigenvalue weighted by Crippen LogP contribution is -2.53. The van der Waals surface area contributed by atoms with Crippen LogP contribution in [0.4, 0.5) is 5.82 Å². The molecule has 0 amide bonds. The summed E-state index contributed by atoms with van der Waals surface area (Å²) in [4.78, 5) is 13.7. The Kier molecular flexibility index (Phi) is 5.59. The molecule has 2 heterocycles. The largest absolute Gasteiger partial charge is 0.356 e. The molecule has 1 saturated carbocycles. The van der Waals surface area contributed by atoms with Crippen LogP contribution < -0.4 is 10.2 Å². The third-order valence-electron chi connectivity index (χ3n) is 5.80. The third kappa shape index (κ3) is 3.82. The first-order valence-corrected chi connectivity index (χ1v) is 9.38. The van der Waals surface area contributed by atoms with Crippen molar-refractivity contribution in [3.05, 3.63) is 24.4 Å². The van der Waals surface area contributed by atoms with E-state index < -0.39 is 0 Å². The first-order chi connectivity index (χ1) is 11.8. The number of hydrogen-bond donors (Lipinski definition) is 1. The molecule has 0 radical (unpaired) electrons. The number of nitrogens with zero attached hydrogens (tertiary/aromatic N) is 4. The monoisotopic (exact) mass is 329 g/mol. The van der Waals surface area contributed by atoms with Crippen LogP contribution in [0.25, 0.3) is 0 Å². The lowest BCUT2D eigenvalue weighted by molar-refractivity contribution is 0.275. The Morgan fingerprint density at radius 1 is 1.21 bits per heavy atom. The van der Waals surface area contributed by atoms with Crippen LogP contribution in [0.5, 0.6) is 0 Å². The Hall–Kier alpha value is -1.78. The summed E-state index contributed by atoms with van der Waals surface area (Å²) in [5.74, 6) is 2.14. The first-order valence-electron chi connectivity index (χ1n) is 9.38. The van der Waals surface area contributed by atoms with E-state index in [4.69, 9.17) is 0 Å². The highest BCUT2D eigenvalue weighted by Gasteiger charge is 2.32. The van der Waals surface area contributed by atoms with Crippen molar-refractivity contribution in [2.24, 2.45) is 10.4 Å². The minimum absolute atomic E-state index is 0.492. The van der Waals surface area contributed by atoms with Gasteiger partial charge in [-0.25, -0.2) is 4.98 Å². The minimum atomic E-state index is 0.492. The van der Waals surface area contributed by atoms with E-state index in [0.717, 1.165) is 44.5 Å². The number of aliphatic imine (C=N–C) groups is 1. The normalized spacial score (nSPS) is 21.2. The van der Waals surface area contributed by atoms with Gasteiger partial charge in [-0.3, -0.25) is 4.99 Å². The lowest BCUT2D eigenvalue weighted by atomic mass is 9.83. The molecule has 2 aliphatic rings. The number of piperazine rings is 1. The molecule has 2 fully saturated rings. The molecule has 132 valence electrons. The van der Waals surface area contributed by atoms with Gasteiger partial charge in [-0.2, -0.15) is 0 Å². The van der Waals surface area contributed by atoms with Gasteiger partial charge in [-0.1, -0.05) is 25.8 Å². The van der Waals surface area contributed by atoms with Gasteiger partial charge in [0.2, 0.25) is 0 Å². The van der Waals surface area contributed by atoms with Gasteiger partial charge in [0.15, 0.2) is 5.96 Å². The molecule has 1 aliphatic heterocycles. The SMILES string of the molecule is CCC1(CNC(=NC)N2CCN(c3ccccn3)CC2)CCCC1. The van der Waals surface area contributed by atoms with Gasteiger partial charge in [0.05, 0.1) is 0 Å². The third-order valence-corrected chi connectivity index (χ3v) is 5.80. The highest BCUT2D eigenvalue weighted by Crippen LogP contribution is 2.40. The number of guanidine groups is 1. The van der Waals surface area contributed by atoms with E-state index in [-0.39, 0.29) is 0 Å². The topological polar surface area (TPSA) is 43.8 Å². The quantitative estimate of drug-likeness (QED) is 0.681. The highest BCUT2D eigenvalue weighted by molar-refractivity contribution is 5.80. The fourth-order valence-electron chi connectivity index (χ4n) is 4.07. The van der Waals surface area contributed by atoms with Crippen molar-refractivity contribution in [1.82, 2.24) is 15.2 Å². The van der Waals surface area contributed by atoms with Crippen molar-refractivity contribution in [3.8, 4) is 0 Å². The molecule has 1 aromatic heterocycles. The van der Waals surface area contributed by atoms with E-state index in [1.807, 2.05) is 19.3 Å². The average Bonchev–Trinajstić information content (AvgIpc) is 3.13. The molecule has 5 nitrogen and oxygen atoms in total. The van der Waals surface area contributed by atoms with E-state index in [9.17, 15) is 0 Å². The molecule has 1 aliphatic carbocycles. The van der Waals surface area contributed by atoms with Gasteiger partial charge >= 0.3 is 0 Å². The average molecular weight is 329 g/mol. The zero-order valence-corrected chi connectivity index (χ0v) is 15.2. The molecule has 0 atom stereocenters. The van der Waals surface area contributed by atoms with Crippen LogP contribution >= 0.6 is 0 Å². The maximum Gasteiger partial charge on any atom is 0.193 e. The van der Waals surface area contributed by atoms with E-state index in [1.54, 1.807) is 0 Å². The second-order valence-corrected chi connectivity index (χ2v) is 7.12. The summed E-state index contributed by atoms with van der Waals surface area (Å²) < 4.78 is 0. The lowest BCUT2D eigenvalue weighted by Gasteiger charge is -2.38. The van der Waals surface area contributed by atoms with Crippen molar-refractivity contribution in [3.63, 3.8) is 0 Å². The summed E-state index contributed by atoms with van der Waals surface area (Å²) in [6.07, 6.45) is 8.63. The summed E-state index contributed by atoms with van der Waals surface area (Å²) in [6, 6.07) is 6.12. The van der Waals surface area contributed by atoms with Crippen molar-refractivity contribution in [2.75, 3.05) is 44.7 Å². The van der Waals surface area contributed by atoms with E-state index >= 15 is 0 Å². The molecule has 1 aromatic rings. The van der Waals surface area contributed by atoms with E-state index in [0.29, 0.717) is 5.41 Å². The van der Waals surface area contributed by atoms with E-state index in [2.05, 4.69) is 44.1 Å². The molecule has 5 heteroatoms. The predicted molar refractivity (Wildman–Crippen MR) is 101 cm³/mol. The molecule has 0 bridgehead atoms. The first kappa shape index (κ1) is 17.1. The van der Waals surface area contributed by atoms with Crippen LogP contribution in [0.1, 0.15) is 39.0 Å². The summed E-state index contributed by atoms with van der Waals surface area (Å²) in [7, 11) is 1.90. The van der Waals surface area contributed by atoms with Crippen molar-refractivity contribution in [1.29, 1.82) is 0 Å². The Morgan fingerprint density at radius 2 is 1.96 bits per heavy atom. The van der Waals surface area contributed by atoms with Gasteiger partial charge in [-0.05, 0) is 36.8 Å². The van der Waals surface area contributed by atoms with Crippen molar-refractivity contribution < 1.29 is 0 Å². The predicted octanol–water partition coefficient (Wildman–Crippen LogP) is 2.75. The van der Waals surface area contributed by atoms with Crippen LogP contribution in [0.2, 0.25) is 0 Å². The summed E-state index contributed by atoms with van der Waals surface area (Å²) >= 11 is 0. The number of pyridine rings is 1. The number of rotatable bonds is 4. The Labute approximate surface area is 146 Å². The van der Waals surface area contributed by atoms with Crippen LogP contribution in [-0.4, -0.2) is 55.6 Å². The number of hydrogen-bond acceptors (Lipinski definition) is 3. The van der Waals surface area contributed by atoms with E-state index in [1.165, 1.54) is 32.1 Å². The molecule has 1 N–H and O–H groups in total. The Balaban J connectivity index is 1.52. The fraction of sp³-hybridized carbons (Fsp3) is 0.684. The van der Waals surface area contributed by atoms with Gasteiger partial charge in [-0.15, -0.1) is 0 Å². The van der Waals surface area contributed by atoms with Gasteiger partial charge in [0.1, 0.15) is 5.82 Å². The Bertz CT molecular complexity index is 528. The van der Waals surface area contributed by atoms with Gasteiger partial charge in [0.25, 0.3) is 0 Å². The summed E-state index contributed by atoms with van der Waals surface area (Å²) in [5.41, 5.74) is 0.492. The maximum atomic E-state index is 4.53. The zero-order valence-electron chi connectivity index (χ0n) is 15.2. The Morgan fingerprint density at radius 3 is 2.54 bits per heavy atom. The van der Waals surface area contributed by atoms with Crippen LogP contribution in [0, 0.1) is 5.41 Å². The molecular formula is C19H31N5. The van der Waals surface area contributed by atoms with Crippen LogP contribution in [-0.2, 0) is 0 Å². The fourth-order valence-corrected chi connectivity index (χ4v) is 4.07. The van der Waals surface area contributed by atoms with Crippen molar-refractivity contribution in [2.45, 2.75) is 39.0 Å². The molecule has 0 spiro atoms. The zero-order chi connectivity index (χ0) is 16.8. The number of nitrogens with one attached hydrogen (secondary N) is 1. The number of anilines is 1. The second-order valence-electron chi connectivity index (χ2n) is 7.12. The molecule has 0 aromatic carbocycles. The molecule has 1 saturated heterocycles. The van der Waals surface area contributed by atoms with Gasteiger partial charge < -0.3 is 15.1 Å². The van der Waals surface area contributed by atoms with Crippen molar-refractivity contribution >= 4 is 11.8 Å². The maximum absolute atomic E-state index is 4.53. The summed E-state index contributed by atoms with van der Waals surface area (Å²) in [6.45, 7) is 7.38. The standard InChI is InChI=1S/C19H31N5/c1-3-19(9-5-6-10-19)16-22-18(20-2)24-14-12-23(13-15-24)17-8-4-7-11-21-17/h4,7-8,11H,3,5-6,9-10,12-16H2,1-2H3,(H,20,22).